The van der Waals surface area contributed by atoms with Crippen molar-refractivity contribution in [1.29, 1.82) is 0 Å². The molecular weight excluding hydrogens is 272 g/mol. The van der Waals surface area contributed by atoms with Crippen molar-refractivity contribution in [2.24, 2.45) is 5.92 Å². The Hall–Kier alpha value is -0.490. The van der Waals surface area contributed by atoms with Crippen LogP contribution >= 0.6 is 11.3 Å². The Balaban J connectivity index is 1.63. The summed E-state index contributed by atoms with van der Waals surface area (Å²) in [4.78, 5) is 4.27. The van der Waals surface area contributed by atoms with Crippen LogP contribution < -0.4 is 5.32 Å². The summed E-state index contributed by atoms with van der Waals surface area (Å²) in [6.45, 7) is 5.28. The fourth-order valence-electron chi connectivity index (χ4n) is 2.67. The van der Waals surface area contributed by atoms with E-state index in [1.807, 2.05) is 11.6 Å². The lowest BCUT2D eigenvalue weighted by molar-refractivity contribution is -0.0455. The summed E-state index contributed by atoms with van der Waals surface area (Å²) in [5, 5.41) is 16.3. The zero-order valence-electron chi connectivity index (χ0n) is 12.4. The molecule has 4 unspecified atom stereocenters. The molecular formula is C15H26N2O2S. The molecule has 1 aromatic heterocycles. The number of nitrogens with zero attached hydrogens (tertiary/aromatic N) is 1. The molecule has 114 valence electrons. The van der Waals surface area contributed by atoms with Gasteiger partial charge in [-0.3, -0.25) is 0 Å². The maximum atomic E-state index is 10.0. The van der Waals surface area contributed by atoms with Gasteiger partial charge in [-0.1, -0.05) is 19.8 Å². The molecule has 0 saturated heterocycles. The Morgan fingerprint density at radius 2 is 2.30 bits per heavy atom. The molecule has 0 aromatic carbocycles. The number of ether oxygens (including phenoxy) is 1. The fourth-order valence-corrected chi connectivity index (χ4v) is 3.34. The normalized spacial score (nSPS) is 26.4. The quantitative estimate of drug-likeness (QED) is 0.813. The summed E-state index contributed by atoms with van der Waals surface area (Å²) in [7, 11) is 0. The number of aromatic nitrogens is 1. The van der Waals surface area contributed by atoms with Crippen LogP contribution in [0.25, 0.3) is 0 Å². The SMILES string of the molecule is CC(NCC(O)COC1CCCCC1C)c1nccs1. The summed E-state index contributed by atoms with van der Waals surface area (Å²) >= 11 is 1.63. The van der Waals surface area contributed by atoms with Gasteiger partial charge in [0.25, 0.3) is 0 Å². The van der Waals surface area contributed by atoms with E-state index in [2.05, 4.69) is 24.1 Å². The standard InChI is InChI=1S/C15H26N2O2S/c1-11-5-3-4-6-14(11)19-10-13(18)9-17-12(2)15-16-7-8-20-15/h7-8,11-14,17-18H,3-6,9-10H2,1-2H3. The Bertz CT molecular complexity index is 372. The monoisotopic (exact) mass is 298 g/mol. The van der Waals surface area contributed by atoms with E-state index in [0.29, 0.717) is 25.2 Å². The van der Waals surface area contributed by atoms with Crippen LogP contribution in [0.5, 0.6) is 0 Å². The maximum absolute atomic E-state index is 10.0. The summed E-state index contributed by atoms with van der Waals surface area (Å²) in [5.41, 5.74) is 0. The molecule has 0 amide bonds. The predicted molar refractivity (Wildman–Crippen MR) is 81.9 cm³/mol. The van der Waals surface area contributed by atoms with Crippen LogP contribution in [0.4, 0.5) is 0 Å². The van der Waals surface area contributed by atoms with Crippen molar-refractivity contribution in [2.75, 3.05) is 13.2 Å². The second kappa shape index (κ2) is 8.08. The van der Waals surface area contributed by atoms with Crippen LogP contribution in [0.15, 0.2) is 11.6 Å². The molecule has 0 aliphatic heterocycles. The molecule has 4 atom stereocenters. The van der Waals surface area contributed by atoms with Crippen LogP contribution in [0, 0.1) is 5.92 Å². The third-order valence-electron chi connectivity index (χ3n) is 4.02. The Morgan fingerprint density at radius 1 is 1.50 bits per heavy atom. The first-order valence-corrected chi connectivity index (χ1v) is 8.47. The van der Waals surface area contributed by atoms with Gasteiger partial charge >= 0.3 is 0 Å². The van der Waals surface area contributed by atoms with E-state index in [1.54, 1.807) is 11.3 Å². The molecule has 2 N–H and O–H groups in total. The van der Waals surface area contributed by atoms with E-state index in [9.17, 15) is 5.11 Å². The highest BCUT2D eigenvalue weighted by Gasteiger charge is 2.22. The van der Waals surface area contributed by atoms with E-state index >= 15 is 0 Å². The van der Waals surface area contributed by atoms with Crippen LogP contribution in [0.1, 0.15) is 50.6 Å². The van der Waals surface area contributed by atoms with Gasteiger partial charge in [-0.05, 0) is 25.7 Å². The molecule has 4 nitrogen and oxygen atoms in total. The van der Waals surface area contributed by atoms with Crippen LogP contribution in [0.3, 0.4) is 0 Å². The first kappa shape index (κ1) is 15.9. The van der Waals surface area contributed by atoms with Gasteiger partial charge < -0.3 is 15.2 Å². The molecule has 1 aromatic rings. The van der Waals surface area contributed by atoms with Crippen LogP contribution in [-0.2, 0) is 4.74 Å². The molecule has 5 heteroatoms. The number of thiazole rings is 1. The maximum Gasteiger partial charge on any atom is 0.109 e. The molecule has 1 aliphatic rings. The number of nitrogens with one attached hydrogen (secondary N) is 1. The molecule has 1 heterocycles. The second-order valence-electron chi connectivity index (χ2n) is 5.79. The van der Waals surface area contributed by atoms with Crippen molar-refractivity contribution in [3.8, 4) is 0 Å². The van der Waals surface area contributed by atoms with Gasteiger partial charge in [0.2, 0.25) is 0 Å². The number of rotatable bonds is 7. The van der Waals surface area contributed by atoms with Gasteiger partial charge in [0, 0.05) is 18.1 Å². The predicted octanol–water partition coefficient (Wildman–Crippen LogP) is 2.75. The number of hydrogen-bond donors (Lipinski definition) is 2. The third-order valence-corrected chi connectivity index (χ3v) is 4.98. The first-order valence-electron chi connectivity index (χ1n) is 7.59. The van der Waals surface area contributed by atoms with E-state index < -0.39 is 6.10 Å². The molecule has 2 rings (SSSR count). The lowest BCUT2D eigenvalue weighted by Crippen LogP contribution is -2.35. The number of hydrogen-bond acceptors (Lipinski definition) is 5. The van der Waals surface area contributed by atoms with Gasteiger partial charge in [-0.2, -0.15) is 0 Å². The summed E-state index contributed by atoms with van der Waals surface area (Å²) in [6, 6.07) is 0.179. The minimum atomic E-state index is -0.452. The minimum Gasteiger partial charge on any atom is -0.389 e. The number of aliphatic hydroxyl groups excluding tert-OH is 1. The van der Waals surface area contributed by atoms with Crippen molar-refractivity contribution in [3.05, 3.63) is 16.6 Å². The Kier molecular flexibility index (Phi) is 6.42. The Morgan fingerprint density at radius 3 is 3.00 bits per heavy atom. The largest absolute Gasteiger partial charge is 0.389 e. The summed E-state index contributed by atoms with van der Waals surface area (Å²) < 4.78 is 5.88. The topological polar surface area (TPSA) is 54.4 Å². The third kappa shape index (κ3) is 4.81. The smallest absolute Gasteiger partial charge is 0.109 e. The van der Waals surface area contributed by atoms with Gasteiger partial charge in [-0.25, -0.2) is 4.98 Å². The van der Waals surface area contributed by atoms with Crippen molar-refractivity contribution < 1.29 is 9.84 Å². The van der Waals surface area contributed by atoms with Gasteiger partial charge in [0.15, 0.2) is 0 Å². The molecule has 1 aliphatic carbocycles. The summed E-state index contributed by atoms with van der Waals surface area (Å²) in [5.74, 6) is 0.623. The zero-order valence-corrected chi connectivity index (χ0v) is 13.2. The van der Waals surface area contributed by atoms with Crippen molar-refractivity contribution in [3.63, 3.8) is 0 Å². The van der Waals surface area contributed by atoms with Crippen LogP contribution in [-0.4, -0.2) is 35.5 Å². The molecule has 0 spiro atoms. The molecule has 0 bridgehead atoms. The molecule has 1 saturated carbocycles. The van der Waals surface area contributed by atoms with E-state index in [0.717, 1.165) is 11.4 Å². The highest BCUT2D eigenvalue weighted by molar-refractivity contribution is 7.09. The van der Waals surface area contributed by atoms with Gasteiger partial charge in [-0.15, -0.1) is 11.3 Å². The van der Waals surface area contributed by atoms with Crippen molar-refractivity contribution >= 4 is 11.3 Å². The van der Waals surface area contributed by atoms with Gasteiger partial charge in [0.05, 0.1) is 24.9 Å². The number of aliphatic hydroxyl groups is 1. The highest BCUT2D eigenvalue weighted by atomic mass is 32.1. The molecule has 1 fully saturated rings. The highest BCUT2D eigenvalue weighted by Crippen LogP contribution is 2.26. The zero-order chi connectivity index (χ0) is 14.4. The van der Waals surface area contributed by atoms with E-state index in [1.165, 1.54) is 19.3 Å². The van der Waals surface area contributed by atoms with E-state index in [-0.39, 0.29) is 6.04 Å². The first-order chi connectivity index (χ1) is 9.66. The molecule has 20 heavy (non-hydrogen) atoms. The van der Waals surface area contributed by atoms with E-state index in [4.69, 9.17) is 4.74 Å². The average molecular weight is 298 g/mol. The van der Waals surface area contributed by atoms with Crippen LogP contribution in [0.2, 0.25) is 0 Å². The lowest BCUT2D eigenvalue weighted by atomic mass is 9.88. The second-order valence-corrected chi connectivity index (χ2v) is 6.71. The van der Waals surface area contributed by atoms with Gasteiger partial charge in [0.1, 0.15) is 5.01 Å². The lowest BCUT2D eigenvalue weighted by Gasteiger charge is -2.29. The summed E-state index contributed by atoms with van der Waals surface area (Å²) in [6.07, 6.45) is 6.64. The molecule has 0 radical (unpaired) electrons. The fraction of sp³-hybridized carbons (Fsp3) is 0.800. The van der Waals surface area contributed by atoms with Crippen molar-refractivity contribution in [1.82, 2.24) is 10.3 Å². The van der Waals surface area contributed by atoms with Crippen molar-refractivity contribution in [2.45, 2.75) is 57.8 Å². The average Bonchev–Trinajstić information content (AvgIpc) is 2.98. The Labute approximate surface area is 125 Å². The minimum absolute atomic E-state index is 0.179.